The fourth-order valence-corrected chi connectivity index (χ4v) is 1.90. The highest BCUT2D eigenvalue weighted by Crippen LogP contribution is 2.23. The molecule has 0 spiro atoms. The lowest BCUT2D eigenvalue weighted by atomic mass is 9.98. The number of hydrogen-bond acceptors (Lipinski definition) is 4. The van der Waals surface area contributed by atoms with Crippen LogP contribution in [0.25, 0.3) is 0 Å². The van der Waals surface area contributed by atoms with E-state index < -0.39 is 11.6 Å². The largest absolute Gasteiger partial charge is 0.457 e. The Balaban J connectivity index is 2.13. The van der Waals surface area contributed by atoms with Crippen molar-refractivity contribution < 1.29 is 14.6 Å². The van der Waals surface area contributed by atoms with Crippen molar-refractivity contribution in [1.82, 2.24) is 5.32 Å². The number of aliphatic hydroxyl groups excluding tert-OH is 1. The Kier molecular flexibility index (Phi) is 5.22. The fraction of sp³-hybridized carbons (Fsp3) is 0.263. The van der Waals surface area contributed by atoms with Gasteiger partial charge < -0.3 is 15.2 Å². The lowest BCUT2D eigenvalue weighted by Gasteiger charge is -2.29. The molecule has 0 saturated heterocycles. The Morgan fingerprint density at radius 3 is 2.46 bits per heavy atom. The lowest BCUT2D eigenvalue weighted by molar-refractivity contribution is 0.0709. The van der Waals surface area contributed by atoms with Crippen LogP contribution in [0.1, 0.15) is 36.7 Å². The van der Waals surface area contributed by atoms with E-state index in [4.69, 9.17) is 10.00 Å². The molecule has 1 unspecified atom stereocenters. The summed E-state index contributed by atoms with van der Waals surface area (Å²) in [5.41, 5.74) is 0.256. The van der Waals surface area contributed by atoms with Crippen LogP contribution in [0.15, 0.2) is 48.5 Å². The molecule has 0 aliphatic heterocycles. The highest BCUT2D eigenvalue weighted by Gasteiger charge is 2.26. The first-order chi connectivity index (χ1) is 11.3. The molecule has 0 fully saturated rings. The van der Waals surface area contributed by atoms with Crippen LogP contribution in [0.4, 0.5) is 0 Å². The average Bonchev–Trinajstić information content (AvgIpc) is 2.55. The maximum absolute atomic E-state index is 12.3. The molecule has 2 rings (SSSR count). The van der Waals surface area contributed by atoms with E-state index in [0.717, 1.165) is 0 Å². The normalized spacial score (nSPS) is 12.1. The van der Waals surface area contributed by atoms with E-state index in [1.54, 1.807) is 69.3 Å². The van der Waals surface area contributed by atoms with Crippen molar-refractivity contribution in [3.8, 4) is 17.6 Å². The van der Waals surface area contributed by atoms with E-state index in [2.05, 4.69) is 5.32 Å². The molecule has 1 atom stereocenters. The van der Waals surface area contributed by atoms with Crippen LogP contribution in [-0.2, 0) is 0 Å². The summed E-state index contributed by atoms with van der Waals surface area (Å²) in [7, 11) is 0. The SMILES string of the molecule is CC(O)C(C)(C)NC(=O)c1cccc(Oc2ccc(C#N)cc2)c1. The maximum atomic E-state index is 12.3. The summed E-state index contributed by atoms with van der Waals surface area (Å²) < 4.78 is 5.71. The van der Waals surface area contributed by atoms with Gasteiger partial charge in [-0.3, -0.25) is 4.79 Å². The van der Waals surface area contributed by atoms with Gasteiger partial charge in [-0.25, -0.2) is 0 Å². The van der Waals surface area contributed by atoms with Crippen molar-refractivity contribution in [1.29, 1.82) is 5.26 Å². The molecule has 0 saturated carbocycles. The molecule has 0 bridgehead atoms. The zero-order valence-corrected chi connectivity index (χ0v) is 13.9. The molecule has 2 aromatic rings. The Morgan fingerprint density at radius 1 is 1.21 bits per heavy atom. The van der Waals surface area contributed by atoms with Crippen molar-refractivity contribution in [2.75, 3.05) is 0 Å². The fourth-order valence-electron chi connectivity index (χ4n) is 1.90. The Morgan fingerprint density at radius 2 is 1.88 bits per heavy atom. The molecule has 124 valence electrons. The number of carbonyl (C=O) groups excluding carboxylic acids is 1. The van der Waals surface area contributed by atoms with Crippen molar-refractivity contribution in [2.45, 2.75) is 32.4 Å². The molecular formula is C19H20N2O3. The number of amides is 1. The van der Waals surface area contributed by atoms with E-state index in [1.165, 1.54) is 0 Å². The van der Waals surface area contributed by atoms with Crippen LogP contribution in [0.2, 0.25) is 0 Å². The van der Waals surface area contributed by atoms with Crippen LogP contribution in [0, 0.1) is 11.3 Å². The topological polar surface area (TPSA) is 82.3 Å². The van der Waals surface area contributed by atoms with Gasteiger partial charge in [-0.1, -0.05) is 6.07 Å². The number of nitriles is 1. The zero-order chi connectivity index (χ0) is 17.7. The molecule has 1 amide bonds. The highest BCUT2D eigenvalue weighted by atomic mass is 16.5. The summed E-state index contributed by atoms with van der Waals surface area (Å²) in [6.07, 6.45) is -0.681. The standard InChI is InChI=1S/C19H20N2O3/c1-13(22)19(2,3)21-18(23)15-5-4-6-17(11-15)24-16-9-7-14(12-20)8-10-16/h4-11,13,22H,1-3H3,(H,21,23). The van der Waals surface area contributed by atoms with Crippen LogP contribution in [-0.4, -0.2) is 22.7 Å². The van der Waals surface area contributed by atoms with E-state index in [1.807, 2.05) is 6.07 Å². The van der Waals surface area contributed by atoms with E-state index in [9.17, 15) is 9.90 Å². The molecular weight excluding hydrogens is 304 g/mol. The van der Waals surface area contributed by atoms with Crippen LogP contribution in [0.5, 0.6) is 11.5 Å². The molecule has 0 radical (unpaired) electrons. The van der Waals surface area contributed by atoms with Gasteiger partial charge in [0, 0.05) is 5.56 Å². The summed E-state index contributed by atoms with van der Waals surface area (Å²) in [5, 5.41) is 21.3. The number of hydrogen-bond donors (Lipinski definition) is 2. The van der Waals surface area contributed by atoms with Crippen molar-refractivity contribution in [3.05, 3.63) is 59.7 Å². The third kappa shape index (κ3) is 4.34. The monoisotopic (exact) mass is 324 g/mol. The number of aliphatic hydroxyl groups is 1. The number of nitrogens with zero attached hydrogens (tertiary/aromatic N) is 1. The van der Waals surface area contributed by atoms with E-state index in [-0.39, 0.29) is 5.91 Å². The number of benzene rings is 2. The Bertz CT molecular complexity index is 759. The minimum atomic E-state index is -0.735. The average molecular weight is 324 g/mol. The molecule has 2 aromatic carbocycles. The molecule has 0 heterocycles. The van der Waals surface area contributed by atoms with E-state index in [0.29, 0.717) is 22.6 Å². The molecule has 0 aliphatic carbocycles. The first kappa shape index (κ1) is 17.5. The lowest BCUT2D eigenvalue weighted by Crippen LogP contribution is -2.50. The van der Waals surface area contributed by atoms with Crippen LogP contribution in [0.3, 0.4) is 0 Å². The second-order valence-electron chi connectivity index (χ2n) is 6.12. The van der Waals surface area contributed by atoms with Gasteiger partial charge in [0.25, 0.3) is 5.91 Å². The molecule has 5 nitrogen and oxygen atoms in total. The van der Waals surface area contributed by atoms with E-state index >= 15 is 0 Å². The summed E-state index contributed by atoms with van der Waals surface area (Å²) in [6, 6.07) is 15.5. The summed E-state index contributed by atoms with van der Waals surface area (Å²) >= 11 is 0. The predicted molar refractivity (Wildman–Crippen MR) is 90.9 cm³/mol. The molecule has 2 N–H and O–H groups in total. The van der Waals surface area contributed by atoms with Crippen molar-refractivity contribution in [2.24, 2.45) is 0 Å². The zero-order valence-electron chi connectivity index (χ0n) is 13.9. The molecule has 0 aromatic heterocycles. The summed E-state index contributed by atoms with van der Waals surface area (Å²) in [4.78, 5) is 12.3. The van der Waals surface area contributed by atoms with Gasteiger partial charge >= 0.3 is 0 Å². The molecule has 0 aliphatic rings. The summed E-state index contributed by atoms with van der Waals surface area (Å²) in [5.74, 6) is 0.809. The molecule has 5 heteroatoms. The predicted octanol–water partition coefficient (Wildman–Crippen LogP) is 3.24. The van der Waals surface area contributed by atoms with Crippen LogP contribution >= 0.6 is 0 Å². The van der Waals surface area contributed by atoms with Gasteiger partial charge in [-0.15, -0.1) is 0 Å². The minimum absolute atomic E-state index is 0.286. The Hall–Kier alpha value is -2.84. The minimum Gasteiger partial charge on any atom is -0.457 e. The second kappa shape index (κ2) is 7.16. The number of ether oxygens (including phenoxy) is 1. The smallest absolute Gasteiger partial charge is 0.251 e. The second-order valence-corrected chi connectivity index (χ2v) is 6.12. The van der Waals surface area contributed by atoms with Gasteiger partial charge in [0.05, 0.1) is 23.3 Å². The summed E-state index contributed by atoms with van der Waals surface area (Å²) in [6.45, 7) is 5.14. The third-order valence-electron chi connectivity index (χ3n) is 3.80. The number of rotatable bonds is 5. The number of nitrogens with one attached hydrogen (secondary N) is 1. The van der Waals surface area contributed by atoms with Gasteiger partial charge in [-0.05, 0) is 63.2 Å². The van der Waals surface area contributed by atoms with Crippen molar-refractivity contribution in [3.63, 3.8) is 0 Å². The van der Waals surface area contributed by atoms with Crippen molar-refractivity contribution >= 4 is 5.91 Å². The highest BCUT2D eigenvalue weighted by molar-refractivity contribution is 5.95. The first-order valence-corrected chi connectivity index (χ1v) is 7.60. The maximum Gasteiger partial charge on any atom is 0.251 e. The first-order valence-electron chi connectivity index (χ1n) is 7.60. The number of carbonyl (C=O) groups is 1. The Labute approximate surface area is 141 Å². The van der Waals surface area contributed by atoms with Gasteiger partial charge in [-0.2, -0.15) is 5.26 Å². The van der Waals surface area contributed by atoms with Gasteiger partial charge in [0.1, 0.15) is 11.5 Å². The van der Waals surface area contributed by atoms with Gasteiger partial charge in [0.15, 0.2) is 0 Å². The third-order valence-corrected chi connectivity index (χ3v) is 3.80. The van der Waals surface area contributed by atoms with Crippen LogP contribution < -0.4 is 10.1 Å². The van der Waals surface area contributed by atoms with Gasteiger partial charge in [0.2, 0.25) is 0 Å². The molecule has 24 heavy (non-hydrogen) atoms. The quantitative estimate of drug-likeness (QED) is 0.884.